The second kappa shape index (κ2) is 12.6. The van der Waals surface area contributed by atoms with E-state index in [1.54, 1.807) is 23.1 Å². The fraction of sp³-hybridized carbons (Fsp3) is 0.481. The summed E-state index contributed by atoms with van der Waals surface area (Å²) in [6, 6.07) is 14.0. The third-order valence-corrected chi connectivity index (χ3v) is 7.09. The van der Waals surface area contributed by atoms with Gasteiger partial charge >= 0.3 is 0 Å². The molecule has 2 rings (SSSR count). The molecule has 0 unspecified atom stereocenters. The van der Waals surface area contributed by atoms with E-state index in [9.17, 15) is 18.0 Å². The molecule has 0 aromatic heterocycles. The molecule has 2 aromatic rings. The number of anilines is 1. The Morgan fingerprint density at radius 2 is 1.72 bits per heavy atom. The van der Waals surface area contributed by atoms with Crippen LogP contribution >= 0.6 is 11.6 Å². The van der Waals surface area contributed by atoms with Crippen LogP contribution in [0.5, 0.6) is 0 Å². The maximum atomic E-state index is 13.5. The van der Waals surface area contributed by atoms with Crippen molar-refractivity contribution in [1.29, 1.82) is 0 Å². The van der Waals surface area contributed by atoms with E-state index in [-0.39, 0.29) is 24.8 Å². The van der Waals surface area contributed by atoms with Gasteiger partial charge in [-0.25, -0.2) is 8.42 Å². The highest BCUT2D eigenvalue weighted by molar-refractivity contribution is 7.92. The predicted molar refractivity (Wildman–Crippen MR) is 147 cm³/mol. The fourth-order valence-corrected chi connectivity index (χ4v) is 5.17. The van der Waals surface area contributed by atoms with Gasteiger partial charge in [-0.3, -0.25) is 13.9 Å². The van der Waals surface area contributed by atoms with E-state index < -0.39 is 21.6 Å². The molecule has 0 fully saturated rings. The maximum Gasteiger partial charge on any atom is 0.243 e. The zero-order valence-corrected chi connectivity index (χ0v) is 23.6. The second-order valence-electron chi connectivity index (χ2n) is 10.0. The summed E-state index contributed by atoms with van der Waals surface area (Å²) in [6.45, 7) is 9.81. The molecule has 0 aliphatic carbocycles. The molecule has 0 radical (unpaired) electrons. The number of nitrogens with zero attached hydrogens (tertiary/aromatic N) is 2. The number of carbonyl (C=O) groups excluding carboxylic acids is 2. The number of aryl methyl sites for hydroxylation is 1. The topological polar surface area (TPSA) is 86.8 Å². The SMILES string of the molecule is CC[C@@H](C(=O)NC(C)(C)C)N(Cc1ccccc1)C(=O)CCCN(c1cc(Cl)ccc1C)S(C)(=O)=O. The highest BCUT2D eigenvalue weighted by Crippen LogP contribution is 2.27. The van der Waals surface area contributed by atoms with E-state index in [0.717, 1.165) is 17.4 Å². The van der Waals surface area contributed by atoms with E-state index in [2.05, 4.69) is 5.32 Å². The van der Waals surface area contributed by atoms with Crippen molar-refractivity contribution in [2.45, 2.75) is 72.0 Å². The normalized spacial score (nSPS) is 12.6. The first-order chi connectivity index (χ1) is 16.7. The number of nitrogens with one attached hydrogen (secondary N) is 1. The van der Waals surface area contributed by atoms with Crippen LogP contribution in [0.15, 0.2) is 48.5 Å². The predicted octanol–water partition coefficient (Wildman–Crippen LogP) is 4.92. The van der Waals surface area contributed by atoms with E-state index in [0.29, 0.717) is 30.1 Å². The lowest BCUT2D eigenvalue weighted by Gasteiger charge is -2.33. The Morgan fingerprint density at radius 3 is 2.28 bits per heavy atom. The molecule has 1 N–H and O–H groups in total. The Labute approximate surface area is 220 Å². The molecule has 1 atom stereocenters. The van der Waals surface area contributed by atoms with Crippen LogP contribution in [-0.2, 0) is 26.2 Å². The lowest BCUT2D eigenvalue weighted by molar-refractivity contribution is -0.142. The van der Waals surface area contributed by atoms with Crippen molar-refractivity contribution in [1.82, 2.24) is 10.2 Å². The molecule has 0 bridgehead atoms. The summed E-state index contributed by atoms with van der Waals surface area (Å²) >= 11 is 6.12. The van der Waals surface area contributed by atoms with E-state index in [1.807, 2.05) is 65.0 Å². The van der Waals surface area contributed by atoms with Crippen molar-refractivity contribution >= 4 is 39.1 Å². The highest BCUT2D eigenvalue weighted by Gasteiger charge is 2.30. The molecular formula is C27H38ClN3O4S. The minimum Gasteiger partial charge on any atom is -0.350 e. The molecule has 2 aromatic carbocycles. The van der Waals surface area contributed by atoms with Gasteiger partial charge in [-0.1, -0.05) is 54.9 Å². The summed E-state index contributed by atoms with van der Waals surface area (Å²) in [5, 5.41) is 3.42. The molecule has 0 saturated carbocycles. The molecule has 0 aliphatic heterocycles. The third kappa shape index (κ3) is 8.82. The van der Waals surface area contributed by atoms with Crippen molar-refractivity contribution in [2.24, 2.45) is 0 Å². The molecule has 9 heteroatoms. The molecule has 0 heterocycles. The van der Waals surface area contributed by atoms with E-state index in [1.165, 1.54) is 4.31 Å². The fourth-order valence-electron chi connectivity index (χ4n) is 3.99. The standard InChI is InChI=1S/C27H38ClN3O4S/c1-7-23(26(33)29-27(3,4)5)30(19-21-12-9-8-10-13-21)25(32)14-11-17-31(36(6,34)35)24-18-22(28)16-15-20(24)2/h8-10,12-13,15-16,18,23H,7,11,14,17,19H2,1-6H3,(H,29,33)/t23-/m0/s1. The van der Waals surface area contributed by atoms with Crippen LogP contribution in [0.2, 0.25) is 5.02 Å². The van der Waals surface area contributed by atoms with Gasteiger partial charge in [-0.2, -0.15) is 0 Å². The van der Waals surface area contributed by atoms with Crippen LogP contribution < -0.4 is 9.62 Å². The molecular weight excluding hydrogens is 498 g/mol. The second-order valence-corrected chi connectivity index (χ2v) is 12.4. The first-order valence-corrected chi connectivity index (χ1v) is 14.3. The van der Waals surface area contributed by atoms with Crippen molar-refractivity contribution < 1.29 is 18.0 Å². The van der Waals surface area contributed by atoms with Crippen LogP contribution in [0.25, 0.3) is 0 Å². The Morgan fingerprint density at radius 1 is 1.08 bits per heavy atom. The molecule has 0 aliphatic rings. The van der Waals surface area contributed by atoms with Crippen molar-refractivity contribution in [3.63, 3.8) is 0 Å². The van der Waals surface area contributed by atoms with E-state index >= 15 is 0 Å². The smallest absolute Gasteiger partial charge is 0.243 e. The van der Waals surface area contributed by atoms with Crippen LogP contribution in [0, 0.1) is 6.92 Å². The minimum atomic E-state index is -3.59. The van der Waals surface area contributed by atoms with Crippen LogP contribution in [-0.4, -0.2) is 49.5 Å². The number of sulfonamides is 1. The van der Waals surface area contributed by atoms with Crippen molar-refractivity contribution in [3.8, 4) is 0 Å². The number of hydrogen-bond donors (Lipinski definition) is 1. The number of benzene rings is 2. The van der Waals surface area contributed by atoms with Crippen molar-refractivity contribution in [2.75, 3.05) is 17.1 Å². The highest BCUT2D eigenvalue weighted by atomic mass is 35.5. The first kappa shape index (κ1) is 29.6. The average Bonchev–Trinajstić information content (AvgIpc) is 2.77. The molecule has 2 amide bonds. The maximum absolute atomic E-state index is 13.5. The lowest BCUT2D eigenvalue weighted by Crippen LogP contribution is -2.53. The van der Waals surface area contributed by atoms with Gasteiger partial charge in [0.1, 0.15) is 6.04 Å². The largest absolute Gasteiger partial charge is 0.350 e. The van der Waals surface area contributed by atoms with Gasteiger partial charge in [0.05, 0.1) is 11.9 Å². The summed E-state index contributed by atoms with van der Waals surface area (Å²) in [5.41, 5.74) is 1.75. The van der Waals surface area contributed by atoms with Gasteiger partial charge in [0.15, 0.2) is 0 Å². The molecule has 0 saturated heterocycles. The summed E-state index contributed by atoms with van der Waals surface area (Å²) in [5.74, 6) is -0.410. The summed E-state index contributed by atoms with van der Waals surface area (Å²) < 4.78 is 26.4. The number of halogens is 1. The first-order valence-electron chi connectivity index (χ1n) is 12.1. The van der Waals surface area contributed by atoms with Crippen LogP contribution in [0.4, 0.5) is 5.69 Å². The average molecular weight is 536 g/mol. The van der Waals surface area contributed by atoms with Crippen LogP contribution in [0.3, 0.4) is 0 Å². The summed E-state index contributed by atoms with van der Waals surface area (Å²) in [7, 11) is -3.59. The van der Waals surface area contributed by atoms with Gasteiger partial charge in [0, 0.05) is 30.1 Å². The Balaban J connectivity index is 2.24. The minimum absolute atomic E-state index is 0.0950. The zero-order chi connectivity index (χ0) is 27.1. The Kier molecular flexibility index (Phi) is 10.4. The Bertz CT molecular complexity index is 1150. The quantitative estimate of drug-likeness (QED) is 0.442. The van der Waals surface area contributed by atoms with Gasteiger partial charge in [0.25, 0.3) is 0 Å². The monoisotopic (exact) mass is 535 g/mol. The summed E-state index contributed by atoms with van der Waals surface area (Å²) in [4.78, 5) is 28.2. The Hall–Kier alpha value is -2.58. The molecule has 7 nitrogen and oxygen atoms in total. The van der Waals surface area contributed by atoms with Crippen molar-refractivity contribution in [3.05, 3.63) is 64.7 Å². The number of hydrogen-bond acceptors (Lipinski definition) is 4. The molecule has 36 heavy (non-hydrogen) atoms. The molecule has 0 spiro atoms. The van der Waals surface area contributed by atoms with Crippen LogP contribution in [0.1, 0.15) is 58.1 Å². The third-order valence-electron chi connectivity index (χ3n) is 5.67. The molecule has 198 valence electrons. The van der Waals surface area contributed by atoms with Gasteiger partial charge in [-0.15, -0.1) is 0 Å². The van der Waals surface area contributed by atoms with Gasteiger partial charge < -0.3 is 10.2 Å². The summed E-state index contributed by atoms with van der Waals surface area (Å²) in [6.07, 6.45) is 1.98. The van der Waals surface area contributed by atoms with E-state index in [4.69, 9.17) is 11.6 Å². The number of carbonyl (C=O) groups is 2. The number of rotatable bonds is 11. The van der Waals surface area contributed by atoms with Gasteiger partial charge in [-0.05, 0) is 63.8 Å². The number of amides is 2. The lowest BCUT2D eigenvalue weighted by atomic mass is 10.0. The van der Waals surface area contributed by atoms with Gasteiger partial charge in [0.2, 0.25) is 21.8 Å². The zero-order valence-electron chi connectivity index (χ0n) is 22.0.